The van der Waals surface area contributed by atoms with Crippen molar-refractivity contribution < 1.29 is 28.2 Å². The molecule has 5 atom stereocenters. The minimum atomic E-state index is -3.50. The first-order valence-corrected chi connectivity index (χ1v) is 18.4. The highest BCUT2D eigenvalue weighted by molar-refractivity contribution is 7.91. The van der Waals surface area contributed by atoms with Crippen molar-refractivity contribution in [3.8, 4) is 0 Å². The zero-order valence-corrected chi connectivity index (χ0v) is 27.5. The predicted octanol–water partition coefficient (Wildman–Crippen LogP) is 4.42. The number of sulfone groups is 1. The number of amides is 2. The SMILES string of the molecule is CC(C)C[C@H](O)[C@H](O)[C@H](CC1CCCCC1)NC(=O)[C@H](CC1CC1)NC(=O)[C@H](Cc1ccccc1)CS(=O)(=O)CC(C)C. The molecule has 2 aliphatic carbocycles. The fraction of sp³-hybridized carbons (Fsp3) is 0.765. The van der Waals surface area contributed by atoms with E-state index in [0.29, 0.717) is 31.1 Å². The van der Waals surface area contributed by atoms with Crippen LogP contribution in [0, 0.1) is 29.6 Å². The summed E-state index contributed by atoms with van der Waals surface area (Å²) in [6.45, 7) is 7.66. The number of aliphatic hydroxyl groups is 2. The summed E-state index contributed by atoms with van der Waals surface area (Å²) < 4.78 is 26.0. The minimum Gasteiger partial charge on any atom is -0.390 e. The van der Waals surface area contributed by atoms with Gasteiger partial charge in [0, 0.05) is 0 Å². The number of benzene rings is 1. The molecule has 4 N–H and O–H groups in total. The number of nitrogens with one attached hydrogen (secondary N) is 2. The summed E-state index contributed by atoms with van der Waals surface area (Å²) >= 11 is 0. The predicted molar refractivity (Wildman–Crippen MR) is 171 cm³/mol. The molecule has 0 unspecified atom stereocenters. The monoisotopic (exact) mass is 620 g/mol. The van der Waals surface area contributed by atoms with Gasteiger partial charge < -0.3 is 20.8 Å². The van der Waals surface area contributed by atoms with E-state index in [1.165, 1.54) is 6.42 Å². The summed E-state index contributed by atoms with van der Waals surface area (Å²) in [5.41, 5.74) is 0.861. The van der Waals surface area contributed by atoms with Crippen LogP contribution in [-0.2, 0) is 25.8 Å². The summed E-state index contributed by atoms with van der Waals surface area (Å²) in [4.78, 5) is 27.6. The summed E-state index contributed by atoms with van der Waals surface area (Å²) in [6, 6.07) is 7.89. The van der Waals surface area contributed by atoms with Crippen LogP contribution in [0.15, 0.2) is 30.3 Å². The summed E-state index contributed by atoms with van der Waals surface area (Å²) in [5, 5.41) is 28.0. The molecule has 2 amide bonds. The van der Waals surface area contributed by atoms with E-state index in [9.17, 15) is 28.2 Å². The lowest BCUT2D eigenvalue weighted by Crippen LogP contribution is -2.56. The van der Waals surface area contributed by atoms with E-state index in [4.69, 9.17) is 0 Å². The summed E-state index contributed by atoms with van der Waals surface area (Å²) in [7, 11) is -3.50. The lowest BCUT2D eigenvalue weighted by atomic mass is 9.82. The van der Waals surface area contributed by atoms with E-state index >= 15 is 0 Å². The van der Waals surface area contributed by atoms with Crippen LogP contribution in [0.2, 0.25) is 0 Å². The molecule has 1 aromatic carbocycles. The Morgan fingerprint density at radius 1 is 0.814 bits per heavy atom. The third kappa shape index (κ3) is 12.9. The first-order valence-electron chi connectivity index (χ1n) is 16.5. The Bertz CT molecular complexity index is 1100. The maximum absolute atomic E-state index is 13.8. The average Bonchev–Trinajstić information content (AvgIpc) is 3.75. The van der Waals surface area contributed by atoms with Gasteiger partial charge in [-0.25, -0.2) is 8.42 Å². The molecule has 0 saturated heterocycles. The van der Waals surface area contributed by atoms with Crippen molar-refractivity contribution >= 4 is 21.7 Å². The fourth-order valence-electron chi connectivity index (χ4n) is 6.46. The van der Waals surface area contributed by atoms with Crippen molar-refractivity contribution in [3.63, 3.8) is 0 Å². The van der Waals surface area contributed by atoms with Gasteiger partial charge in [-0.15, -0.1) is 0 Å². The molecule has 0 spiro atoms. The zero-order valence-electron chi connectivity index (χ0n) is 26.7. The molecule has 3 rings (SSSR count). The Kier molecular flexibility index (Phi) is 14.0. The molecule has 0 radical (unpaired) electrons. The second kappa shape index (κ2) is 16.9. The second-order valence-corrected chi connectivity index (χ2v) is 16.3. The van der Waals surface area contributed by atoms with Crippen LogP contribution in [0.25, 0.3) is 0 Å². The normalized spacial score (nSPS) is 19.9. The van der Waals surface area contributed by atoms with Crippen molar-refractivity contribution in [2.24, 2.45) is 29.6 Å². The van der Waals surface area contributed by atoms with Gasteiger partial charge >= 0.3 is 0 Å². The van der Waals surface area contributed by atoms with Crippen LogP contribution in [0.5, 0.6) is 0 Å². The first kappa shape index (κ1) is 35.5. The van der Waals surface area contributed by atoms with Crippen LogP contribution in [0.4, 0.5) is 0 Å². The van der Waals surface area contributed by atoms with E-state index in [1.54, 1.807) is 0 Å². The Labute approximate surface area is 259 Å². The lowest BCUT2D eigenvalue weighted by molar-refractivity contribution is -0.132. The van der Waals surface area contributed by atoms with Crippen LogP contribution in [-0.4, -0.2) is 66.2 Å². The van der Waals surface area contributed by atoms with E-state index < -0.39 is 46.0 Å². The van der Waals surface area contributed by atoms with Gasteiger partial charge in [0.2, 0.25) is 11.8 Å². The van der Waals surface area contributed by atoms with Crippen molar-refractivity contribution in [2.45, 2.75) is 123 Å². The lowest BCUT2D eigenvalue weighted by Gasteiger charge is -2.34. The van der Waals surface area contributed by atoms with Crippen LogP contribution in [0.3, 0.4) is 0 Å². The molecule has 0 aliphatic heterocycles. The van der Waals surface area contributed by atoms with E-state index in [2.05, 4.69) is 10.6 Å². The molecule has 2 saturated carbocycles. The maximum atomic E-state index is 13.8. The molecule has 0 aromatic heterocycles. The number of rotatable bonds is 18. The summed E-state index contributed by atoms with van der Waals surface area (Å²) in [5.74, 6) is -1.13. The summed E-state index contributed by atoms with van der Waals surface area (Å²) in [6.07, 6.45) is 7.12. The maximum Gasteiger partial charge on any atom is 0.242 e. The van der Waals surface area contributed by atoms with Crippen molar-refractivity contribution in [3.05, 3.63) is 35.9 Å². The number of carbonyl (C=O) groups is 2. The van der Waals surface area contributed by atoms with Gasteiger partial charge in [0.05, 0.1) is 29.6 Å². The van der Waals surface area contributed by atoms with E-state index in [1.807, 2.05) is 58.0 Å². The van der Waals surface area contributed by atoms with Gasteiger partial charge in [-0.05, 0) is 54.9 Å². The molecule has 2 aliphatic rings. The molecule has 1 aromatic rings. The van der Waals surface area contributed by atoms with Gasteiger partial charge in [0.1, 0.15) is 12.1 Å². The molecule has 43 heavy (non-hydrogen) atoms. The van der Waals surface area contributed by atoms with Gasteiger partial charge in [-0.3, -0.25) is 9.59 Å². The highest BCUT2D eigenvalue weighted by Gasteiger charge is 2.37. The Morgan fingerprint density at radius 2 is 1.44 bits per heavy atom. The standard InChI is InChI=1S/C34H56N2O6S/c1-23(2)17-31(37)32(38)29(19-26-13-9-6-10-14-26)35-34(40)30(20-27-15-16-27)36-33(39)28(18-25-11-7-5-8-12-25)22-43(41,42)21-24(3)4/h5,7-8,11-12,23-24,26-32,37-38H,6,9-10,13-22H2,1-4H3,(H,35,40)(H,36,39)/t28-,29+,30+,31+,32-/m1/s1. The Hall–Kier alpha value is -1.97. The number of hydrogen-bond acceptors (Lipinski definition) is 6. The molecule has 244 valence electrons. The van der Waals surface area contributed by atoms with E-state index in [0.717, 1.165) is 44.1 Å². The van der Waals surface area contributed by atoms with Gasteiger partial charge in [0.15, 0.2) is 9.84 Å². The molecule has 9 heteroatoms. The quantitative estimate of drug-likeness (QED) is 0.192. The molecular formula is C34H56N2O6S. The van der Waals surface area contributed by atoms with Gasteiger partial charge in [-0.1, -0.05) is 103 Å². The smallest absolute Gasteiger partial charge is 0.242 e. The van der Waals surface area contributed by atoms with Crippen molar-refractivity contribution in [2.75, 3.05) is 11.5 Å². The number of carbonyl (C=O) groups excluding carboxylic acids is 2. The van der Waals surface area contributed by atoms with Gasteiger partial charge in [-0.2, -0.15) is 0 Å². The number of aliphatic hydroxyl groups excluding tert-OH is 2. The van der Waals surface area contributed by atoms with E-state index in [-0.39, 0.29) is 35.7 Å². The largest absolute Gasteiger partial charge is 0.390 e. The third-order valence-electron chi connectivity index (χ3n) is 8.80. The van der Waals surface area contributed by atoms with Gasteiger partial charge in [0.25, 0.3) is 0 Å². The van der Waals surface area contributed by atoms with Crippen molar-refractivity contribution in [1.29, 1.82) is 0 Å². The van der Waals surface area contributed by atoms with Crippen LogP contribution >= 0.6 is 0 Å². The molecule has 2 fully saturated rings. The average molecular weight is 621 g/mol. The molecule has 0 heterocycles. The Balaban J connectivity index is 1.78. The van der Waals surface area contributed by atoms with Crippen LogP contribution < -0.4 is 10.6 Å². The molecular weight excluding hydrogens is 564 g/mol. The molecule has 0 bridgehead atoms. The number of hydrogen-bond donors (Lipinski definition) is 4. The highest BCUT2D eigenvalue weighted by atomic mass is 32.2. The highest BCUT2D eigenvalue weighted by Crippen LogP contribution is 2.34. The minimum absolute atomic E-state index is 0.00298. The Morgan fingerprint density at radius 3 is 2.02 bits per heavy atom. The zero-order chi connectivity index (χ0) is 31.6. The molecule has 8 nitrogen and oxygen atoms in total. The van der Waals surface area contributed by atoms with Crippen molar-refractivity contribution in [1.82, 2.24) is 10.6 Å². The fourth-order valence-corrected chi connectivity index (χ4v) is 8.49. The second-order valence-electron chi connectivity index (χ2n) is 14.1. The van der Waals surface area contributed by atoms with Crippen LogP contribution in [0.1, 0.15) is 97.5 Å². The third-order valence-corrected chi connectivity index (χ3v) is 10.9. The first-order chi connectivity index (χ1) is 20.3. The topological polar surface area (TPSA) is 133 Å².